The third-order valence-electron chi connectivity index (χ3n) is 12.4. The molecule has 2 heterocycles. The quantitative estimate of drug-likeness (QED) is 0.161. The average Bonchev–Trinajstić information content (AvgIpc) is 3.88. The van der Waals surface area contributed by atoms with Crippen LogP contribution in [0.2, 0.25) is 0 Å². The molecule has 0 atom stereocenters. The molecule has 4 heteroatoms. The predicted octanol–water partition coefficient (Wildman–Crippen LogP) is 14.9. The molecule has 0 radical (unpaired) electrons. The van der Waals surface area contributed by atoms with Crippen LogP contribution in [0.3, 0.4) is 0 Å². The van der Waals surface area contributed by atoms with Gasteiger partial charge in [0.25, 0.3) is 0 Å². The lowest BCUT2D eigenvalue weighted by molar-refractivity contribution is 0.770. The molecule has 3 nitrogen and oxygen atoms in total. The Balaban J connectivity index is 0.962. The summed E-state index contributed by atoms with van der Waals surface area (Å²) in [6.45, 7) is 0. The van der Waals surface area contributed by atoms with E-state index in [9.17, 15) is 0 Å². The van der Waals surface area contributed by atoms with E-state index in [1.165, 1.54) is 64.7 Å². The summed E-state index contributed by atoms with van der Waals surface area (Å²) >= 11 is 1.88. The zero-order chi connectivity index (χ0) is 41.0. The molecule has 12 rings (SSSR count). The largest absolute Gasteiger partial charge is 0.208 e. The summed E-state index contributed by atoms with van der Waals surface area (Å²) in [5, 5.41) is 2.57. The molecule has 1 aliphatic rings. The van der Waals surface area contributed by atoms with Crippen LogP contribution in [0, 0.1) is 0 Å². The standard InChI is InChI=1S/C58H37N3S/c1-4-17-38(18-5-1)55-59-56(39-19-6-2-7-20-39)61-57(60-55)43-24-15-22-41(36-43)40-21-14-23-42(35-40)46-29-16-32-52-54(46)49-34-33-45(37-53(49)62-52)58(44-25-8-3-9-26-44)50-30-12-10-27-47(50)48-28-11-13-31-51(48)58/h1-37H. The van der Waals surface area contributed by atoms with E-state index in [0.717, 1.165) is 27.8 Å². The van der Waals surface area contributed by atoms with Gasteiger partial charge < -0.3 is 0 Å². The monoisotopic (exact) mass is 807 g/mol. The summed E-state index contributed by atoms with van der Waals surface area (Å²) in [6, 6.07) is 80.6. The fourth-order valence-corrected chi connectivity index (χ4v) is 10.8. The molecular formula is C58H37N3S. The lowest BCUT2D eigenvalue weighted by Crippen LogP contribution is -2.28. The van der Waals surface area contributed by atoms with Gasteiger partial charge in [0.2, 0.25) is 0 Å². The van der Waals surface area contributed by atoms with Gasteiger partial charge in [-0.3, -0.25) is 0 Å². The Morgan fingerprint density at radius 1 is 0.306 bits per heavy atom. The van der Waals surface area contributed by atoms with Gasteiger partial charge >= 0.3 is 0 Å². The lowest BCUT2D eigenvalue weighted by Gasteiger charge is -2.33. The molecule has 0 unspecified atom stereocenters. The van der Waals surface area contributed by atoms with E-state index in [1.54, 1.807) is 0 Å². The third-order valence-corrected chi connectivity index (χ3v) is 13.5. The van der Waals surface area contributed by atoms with Crippen LogP contribution >= 0.6 is 11.3 Å². The Kier molecular flexibility index (Phi) is 8.58. The van der Waals surface area contributed by atoms with Crippen molar-refractivity contribution in [2.75, 3.05) is 0 Å². The van der Waals surface area contributed by atoms with E-state index in [1.807, 2.05) is 72.0 Å². The summed E-state index contributed by atoms with van der Waals surface area (Å²) in [7, 11) is 0. The van der Waals surface area contributed by atoms with E-state index in [0.29, 0.717) is 17.5 Å². The van der Waals surface area contributed by atoms with Gasteiger partial charge in [0.1, 0.15) is 0 Å². The Morgan fingerprint density at radius 2 is 0.774 bits per heavy atom. The first-order valence-corrected chi connectivity index (χ1v) is 21.8. The molecule has 0 N–H and O–H groups in total. The van der Waals surface area contributed by atoms with Crippen molar-refractivity contribution in [1.82, 2.24) is 15.0 Å². The van der Waals surface area contributed by atoms with Crippen LogP contribution in [0.15, 0.2) is 224 Å². The van der Waals surface area contributed by atoms with Crippen LogP contribution in [-0.4, -0.2) is 15.0 Å². The fraction of sp³-hybridized carbons (Fsp3) is 0.0172. The summed E-state index contributed by atoms with van der Waals surface area (Å²) in [5.74, 6) is 1.94. The number of thiophene rings is 1. The second-order valence-corrected chi connectivity index (χ2v) is 17.0. The van der Waals surface area contributed by atoms with Crippen molar-refractivity contribution in [3.05, 3.63) is 247 Å². The summed E-state index contributed by atoms with van der Waals surface area (Å²) in [6.07, 6.45) is 0. The van der Waals surface area contributed by atoms with Crippen LogP contribution in [0.5, 0.6) is 0 Å². The minimum absolute atomic E-state index is 0.433. The fourth-order valence-electron chi connectivity index (χ4n) is 9.65. The molecule has 62 heavy (non-hydrogen) atoms. The minimum Gasteiger partial charge on any atom is -0.208 e. The lowest BCUT2D eigenvalue weighted by atomic mass is 9.67. The van der Waals surface area contributed by atoms with Crippen molar-refractivity contribution in [2.24, 2.45) is 0 Å². The topological polar surface area (TPSA) is 38.7 Å². The van der Waals surface area contributed by atoms with Crippen molar-refractivity contribution in [3.63, 3.8) is 0 Å². The van der Waals surface area contributed by atoms with Gasteiger partial charge in [-0.25, -0.2) is 15.0 Å². The number of hydrogen-bond donors (Lipinski definition) is 0. The van der Waals surface area contributed by atoms with Crippen molar-refractivity contribution in [2.45, 2.75) is 5.41 Å². The number of benzene rings is 9. The first kappa shape index (κ1) is 36.1. The Morgan fingerprint density at radius 3 is 1.40 bits per heavy atom. The minimum atomic E-state index is -0.433. The number of nitrogens with zero attached hydrogens (tertiary/aromatic N) is 3. The number of hydrogen-bond acceptors (Lipinski definition) is 4. The average molecular weight is 808 g/mol. The molecule has 290 valence electrons. The Hall–Kier alpha value is -7.79. The zero-order valence-electron chi connectivity index (χ0n) is 33.6. The molecule has 9 aromatic carbocycles. The second-order valence-electron chi connectivity index (χ2n) is 15.9. The first-order chi connectivity index (χ1) is 30.7. The molecule has 0 saturated carbocycles. The van der Waals surface area contributed by atoms with Gasteiger partial charge in [-0.1, -0.05) is 200 Å². The van der Waals surface area contributed by atoms with Crippen molar-refractivity contribution < 1.29 is 0 Å². The van der Waals surface area contributed by atoms with Crippen molar-refractivity contribution in [3.8, 4) is 67.5 Å². The highest BCUT2D eigenvalue weighted by atomic mass is 32.1. The molecule has 0 aliphatic heterocycles. The number of aromatic nitrogens is 3. The predicted molar refractivity (Wildman–Crippen MR) is 257 cm³/mol. The summed E-state index contributed by atoms with van der Waals surface area (Å²) in [4.78, 5) is 14.9. The molecule has 0 saturated heterocycles. The van der Waals surface area contributed by atoms with Gasteiger partial charge in [-0.15, -0.1) is 11.3 Å². The van der Waals surface area contributed by atoms with Crippen LogP contribution < -0.4 is 0 Å². The van der Waals surface area contributed by atoms with E-state index >= 15 is 0 Å². The van der Waals surface area contributed by atoms with Crippen LogP contribution in [0.25, 0.3) is 87.7 Å². The third kappa shape index (κ3) is 5.83. The smallest absolute Gasteiger partial charge is 0.164 e. The molecular weight excluding hydrogens is 771 g/mol. The van der Waals surface area contributed by atoms with Crippen LogP contribution in [0.1, 0.15) is 22.3 Å². The van der Waals surface area contributed by atoms with E-state index in [-0.39, 0.29) is 0 Å². The maximum absolute atomic E-state index is 5.01. The van der Waals surface area contributed by atoms with E-state index in [2.05, 4.69) is 164 Å². The zero-order valence-corrected chi connectivity index (χ0v) is 34.4. The van der Waals surface area contributed by atoms with Gasteiger partial charge in [0.05, 0.1) is 5.41 Å². The van der Waals surface area contributed by atoms with Gasteiger partial charge in [0.15, 0.2) is 17.5 Å². The Bertz CT molecular complexity index is 3360. The van der Waals surface area contributed by atoms with Gasteiger partial charge in [-0.05, 0) is 79.9 Å². The maximum Gasteiger partial charge on any atom is 0.164 e. The Labute approximate surface area is 364 Å². The van der Waals surface area contributed by atoms with Crippen LogP contribution in [-0.2, 0) is 5.41 Å². The molecule has 0 fully saturated rings. The van der Waals surface area contributed by atoms with Crippen molar-refractivity contribution >= 4 is 31.5 Å². The van der Waals surface area contributed by atoms with Crippen LogP contribution in [0.4, 0.5) is 0 Å². The number of rotatable bonds is 7. The molecule has 1 aliphatic carbocycles. The summed E-state index contributed by atoms with van der Waals surface area (Å²) in [5.41, 5.74) is 14.9. The molecule has 0 spiro atoms. The molecule has 0 bridgehead atoms. The summed E-state index contributed by atoms with van der Waals surface area (Å²) < 4.78 is 2.56. The highest BCUT2D eigenvalue weighted by Gasteiger charge is 2.46. The highest BCUT2D eigenvalue weighted by Crippen LogP contribution is 2.56. The van der Waals surface area contributed by atoms with E-state index in [4.69, 9.17) is 15.0 Å². The van der Waals surface area contributed by atoms with Gasteiger partial charge in [0, 0.05) is 36.9 Å². The highest BCUT2D eigenvalue weighted by molar-refractivity contribution is 7.26. The maximum atomic E-state index is 5.01. The normalized spacial score (nSPS) is 12.6. The number of fused-ring (bicyclic) bond motifs is 6. The molecule has 11 aromatic rings. The van der Waals surface area contributed by atoms with Gasteiger partial charge in [-0.2, -0.15) is 0 Å². The van der Waals surface area contributed by atoms with E-state index < -0.39 is 5.41 Å². The van der Waals surface area contributed by atoms with Crippen molar-refractivity contribution in [1.29, 1.82) is 0 Å². The molecule has 2 aromatic heterocycles. The first-order valence-electron chi connectivity index (χ1n) is 21.0. The SMILES string of the molecule is c1ccc(-c2nc(-c3ccccc3)nc(-c3cccc(-c4cccc(-c5cccc6sc7cc(C8(c9ccccc9)c9ccccc9-c9ccccc98)ccc7c56)c4)c3)n2)cc1. The second kappa shape index (κ2) is 14.7. The molecule has 0 amide bonds.